The fourth-order valence-corrected chi connectivity index (χ4v) is 7.52. The van der Waals surface area contributed by atoms with Gasteiger partial charge in [-0.1, -0.05) is 13.8 Å². The third-order valence-electron chi connectivity index (χ3n) is 8.91. The third kappa shape index (κ3) is 2.75. The van der Waals surface area contributed by atoms with E-state index in [-0.39, 0.29) is 29.0 Å². The Morgan fingerprint density at radius 1 is 1.08 bits per heavy atom. The molecule has 4 saturated carbocycles. The normalized spacial score (nSPS) is 51.0. The number of fused-ring (bicyclic) bond motifs is 5. The highest BCUT2D eigenvalue weighted by molar-refractivity contribution is 5.87. The highest BCUT2D eigenvalue weighted by atomic mass is 16.5. The van der Waals surface area contributed by atoms with E-state index in [1.54, 1.807) is 0 Å². The second kappa shape index (κ2) is 6.32. The van der Waals surface area contributed by atoms with Crippen LogP contribution in [0.2, 0.25) is 0 Å². The van der Waals surface area contributed by atoms with Crippen molar-refractivity contribution < 1.29 is 19.4 Å². The minimum absolute atomic E-state index is 0.0104. The summed E-state index contributed by atoms with van der Waals surface area (Å²) in [6.07, 6.45) is 8.16. The van der Waals surface area contributed by atoms with Crippen LogP contribution in [0.4, 0.5) is 0 Å². The van der Waals surface area contributed by atoms with Crippen molar-refractivity contribution in [2.24, 2.45) is 34.5 Å². The van der Waals surface area contributed by atoms with E-state index in [9.17, 15) is 14.7 Å². The van der Waals surface area contributed by atoms with Crippen LogP contribution < -0.4 is 0 Å². The molecule has 4 fully saturated rings. The van der Waals surface area contributed by atoms with Crippen molar-refractivity contribution >= 4 is 11.8 Å². The zero-order valence-electron chi connectivity index (χ0n) is 16.5. The van der Waals surface area contributed by atoms with Gasteiger partial charge in [0, 0.05) is 18.8 Å². The van der Waals surface area contributed by atoms with Gasteiger partial charge >= 0.3 is 5.97 Å². The molecule has 8 atom stereocenters. The standard InChI is InChI=1S/C22H34O4/c1-13(23)26-16-6-8-21(2)14(11-16)10-15(24)12-17-18-4-5-20(25)22(18,3)9-7-19(17)21/h14-19,24H,4-12H2,1-3H3/t14-,15?,16-,17+,18-,19-,21-,22-/m0/s1. The summed E-state index contributed by atoms with van der Waals surface area (Å²) in [5, 5.41) is 10.8. The minimum atomic E-state index is -0.288. The molecule has 0 aromatic carbocycles. The van der Waals surface area contributed by atoms with Crippen molar-refractivity contribution in [2.75, 3.05) is 0 Å². The summed E-state index contributed by atoms with van der Waals surface area (Å²) in [5.41, 5.74) is 0.0534. The van der Waals surface area contributed by atoms with Crippen molar-refractivity contribution in [1.29, 1.82) is 0 Å². The zero-order chi connectivity index (χ0) is 18.7. The van der Waals surface area contributed by atoms with E-state index in [0.29, 0.717) is 29.5 Å². The Bertz CT molecular complexity index is 601. The first kappa shape index (κ1) is 18.5. The number of rotatable bonds is 1. The van der Waals surface area contributed by atoms with Crippen molar-refractivity contribution in [3.63, 3.8) is 0 Å². The summed E-state index contributed by atoms with van der Waals surface area (Å²) >= 11 is 0. The molecule has 0 aromatic heterocycles. The second-order valence-corrected chi connectivity index (χ2v) is 10.1. The lowest BCUT2D eigenvalue weighted by Crippen LogP contribution is -2.50. The molecule has 146 valence electrons. The van der Waals surface area contributed by atoms with Gasteiger partial charge in [-0.05, 0) is 80.5 Å². The molecule has 0 bridgehead atoms. The van der Waals surface area contributed by atoms with Crippen LogP contribution in [0.1, 0.15) is 78.6 Å². The lowest BCUT2D eigenvalue weighted by atomic mass is 9.50. The first-order chi connectivity index (χ1) is 12.2. The van der Waals surface area contributed by atoms with E-state index >= 15 is 0 Å². The van der Waals surface area contributed by atoms with E-state index in [1.807, 2.05) is 0 Å². The van der Waals surface area contributed by atoms with Crippen LogP contribution in [0.5, 0.6) is 0 Å². The van der Waals surface area contributed by atoms with Gasteiger partial charge in [-0.15, -0.1) is 0 Å². The molecule has 0 aromatic rings. The highest BCUT2D eigenvalue weighted by Crippen LogP contribution is 2.64. The van der Waals surface area contributed by atoms with Crippen LogP contribution in [0.3, 0.4) is 0 Å². The Morgan fingerprint density at radius 3 is 2.58 bits per heavy atom. The van der Waals surface area contributed by atoms with Crippen LogP contribution in [0, 0.1) is 34.5 Å². The first-order valence-corrected chi connectivity index (χ1v) is 10.6. The Balaban J connectivity index is 1.62. The van der Waals surface area contributed by atoms with Gasteiger partial charge in [0.1, 0.15) is 11.9 Å². The number of esters is 1. The molecule has 0 amide bonds. The molecule has 0 radical (unpaired) electrons. The maximum absolute atomic E-state index is 12.6. The van der Waals surface area contributed by atoms with Crippen LogP contribution in [-0.2, 0) is 14.3 Å². The number of aliphatic hydroxyl groups is 1. The Kier molecular flexibility index (Phi) is 4.49. The Hall–Kier alpha value is -0.900. The maximum Gasteiger partial charge on any atom is 0.302 e. The Labute approximate surface area is 157 Å². The summed E-state index contributed by atoms with van der Waals surface area (Å²) in [7, 11) is 0. The topological polar surface area (TPSA) is 63.6 Å². The molecule has 26 heavy (non-hydrogen) atoms. The van der Waals surface area contributed by atoms with Gasteiger partial charge < -0.3 is 9.84 Å². The summed E-state index contributed by atoms with van der Waals surface area (Å²) < 4.78 is 5.53. The van der Waals surface area contributed by atoms with Crippen molar-refractivity contribution in [1.82, 2.24) is 0 Å². The molecule has 0 spiro atoms. The summed E-state index contributed by atoms with van der Waals surface area (Å²) in [6, 6.07) is 0. The number of carbonyl (C=O) groups excluding carboxylic acids is 2. The van der Waals surface area contributed by atoms with Gasteiger partial charge in [-0.2, -0.15) is 0 Å². The van der Waals surface area contributed by atoms with Crippen LogP contribution in [-0.4, -0.2) is 29.1 Å². The first-order valence-electron chi connectivity index (χ1n) is 10.6. The number of hydrogen-bond donors (Lipinski definition) is 1. The SMILES string of the molecule is CC(=O)O[C@H]1CC[C@@]2(C)[C@@H](CC(O)C[C@H]3[C@@H]2CC[C@]2(C)C(=O)CC[C@@H]32)C1. The number of ether oxygens (including phenoxy) is 1. The van der Waals surface area contributed by atoms with Crippen molar-refractivity contribution in [3.8, 4) is 0 Å². The minimum Gasteiger partial charge on any atom is -0.463 e. The average molecular weight is 363 g/mol. The molecule has 4 nitrogen and oxygen atoms in total. The van der Waals surface area contributed by atoms with Gasteiger partial charge in [0.15, 0.2) is 0 Å². The predicted molar refractivity (Wildman–Crippen MR) is 98.3 cm³/mol. The summed E-state index contributed by atoms with van der Waals surface area (Å²) in [4.78, 5) is 24.0. The average Bonchev–Trinajstić information content (AvgIpc) is 2.80. The molecule has 4 rings (SSSR count). The lowest BCUT2D eigenvalue weighted by molar-refractivity contribution is -0.153. The molecule has 4 aliphatic carbocycles. The number of aliphatic hydroxyl groups excluding tert-OH is 1. The highest BCUT2D eigenvalue weighted by Gasteiger charge is 2.60. The zero-order valence-corrected chi connectivity index (χ0v) is 16.5. The predicted octanol–water partition coefficient (Wildman–Crippen LogP) is 3.89. The van der Waals surface area contributed by atoms with Crippen LogP contribution >= 0.6 is 0 Å². The smallest absolute Gasteiger partial charge is 0.302 e. The van der Waals surface area contributed by atoms with E-state index in [4.69, 9.17) is 4.74 Å². The van der Waals surface area contributed by atoms with Gasteiger partial charge in [0.05, 0.1) is 6.10 Å². The number of Topliss-reactive ketones (excluding diaryl/α,β-unsaturated/α-hetero) is 1. The van der Waals surface area contributed by atoms with Gasteiger partial charge in [0.25, 0.3) is 0 Å². The van der Waals surface area contributed by atoms with Crippen LogP contribution in [0.15, 0.2) is 0 Å². The quantitative estimate of drug-likeness (QED) is 0.719. The third-order valence-corrected chi connectivity index (χ3v) is 8.91. The van der Waals surface area contributed by atoms with E-state index in [2.05, 4.69) is 13.8 Å². The summed E-state index contributed by atoms with van der Waals surface area (Å²) in [5.74, 6) is 2.18. The molecule has 0 heterocycles. The maximum atomic E-state index is 12.6. The summed E-state index contributed by atoms with van der Waals surface area (Å²) in [6.45, 7) is 6.11. The van der Waals surface area contributed by atoms with E-state index in [0.717, 1.165) is 57.8 Å². The van der Waals surface area contributed by atoms with E-state index < -0.39 is 0 Å². The number of ketones is 1. The van der Waals surface area contributed by atoms with Gasteiger partial charge in [-0.25, -0.2) is 0 Å². The Morgan fingerprint density at radius 2 is 1.85 bits per heavy atom. The molecule has 0 aliphatic heterocycles. The largest absolute Gasteiger partial charge is 0.463 e. The molecular formula is C22H34O4. The molecule has 1 unspecified atom stereocenters. The lowest BCUT2D eigenvalue weighted by Gasteiger charge is -2.55. The molecule has 0 saturated heterocycles. The van der Waals surface area contributed by atoms with Crippen molar-refractivity contribution in [2.45, 2.75) is 90.8 Å². The number of carbonyl (C=O) groups is 2. The second-order valence-electron chi connectivity index (χ2n) is 10.1. The van der Waals surface area contributed by atoms with Gasteiger partial charge in [0.2, 0.25) is 0 Å². The molecular weight excluding hydrogens is 328 g/mol. The fourth-order valence-electron chi connectivity index (χ4n) is 7.52. The van der Waals surface area contributed by atoms with E-state index in [1.165, 1.54) is 6.92 Å². The fraction of sp³-hybridized carbons (Fsp3) is 0.909. The molecule has 1 N–H and O–H groups in total. The number of hydrogen-bond acceptors (Lipinski definition) is 4. The monoisotopic (exact) mass is 362 g/mol. The molecule has 4 aliphatic rings. The molecule has 4 heteroatoms. The van der Waals surface area contributed by atoms with Crippen LogP contribution in [0.25, 0.3) is 0 Å². The van der Waals surface area contributed by atoms with Crippen molar-refractivity contribution in [3.05, 3.63) is 0 Å². The van der Waals surface area contributed by atoms with Gasteiger partial charge in [-0.3, -0.25) is 9.59 Å².